The fraction of sp³-hybridized carbons (Fsp3) is 0.273. The molecule has 1 aromatic heterocycles. The van der Waals surface area contributed by atoms with Gasteiger partial charge in [0, 0.05) is 17.0 Å². The molecule has 4 nitrogen and oxygen atoms in total. The quantitative estimate of drug-likeness (QED) is 0.378. The van der Waals surface area contributed by atoms with E-state index in [2.05, 4.69) is 36.4 Å². The van der Waals surface area contributed by atoms with Gasteiger partial charge in [-0.3, -0.25) is 9.97 Å². The van der Waals surface area contributed by atoms with Gasteiger partial charge in [0.2, 0.25) is 0 Å². The van der Waals surface area contributed by atoms with Crippen LogP contribution in [0.3, 0.4) is 0 Å². The molecule has 0 unspecified atom stereocenters. The van der Waals surface area contributed by atoms with Gasteiger partial charge in [0.25, 0.3) is 0 Å². The van der Waals surface area contributed by atoms with Crippen molar-refractivity contribution in [3.8, 4) is 0 Å². The summed E-state index contributed by atoms with van der Waals surface area (Å²) in [6, 6.07) is 16.7. The normalized spacial score (nSPS) is 18.6. The van der Waals surface area contributed by atoms with E-state index in [1.165, 1.54) is 10.8 Å². The maximum Gasteiger partial charge on any atom is 0.516 e. The van der Waals surface area contributed by atoms with Crippen LogP contribution >= 0.6 is 0 Å². The highest BCUT2D eigenvalue weighted by Gasteiger charge is 2.52. The molecular weight excluding hydrogens is 335 g/mol. The topological polar surface area (TPSA) is 44.2 Å². The molecule has 0 N–H and O–H groups in total. The number of rotatable bonds is 1. The van der Waals surface area contributed by atoms with E-state index in [9.17, 15) is 0 Å². The summed E-state index contributed by atoms with van der Waals surface area (Å²) in [5, 5.41) is 4.58. The number of hydrogen-bond donors (Lipinski definition) is 0. The van der Waals surface area contributed by atoms with Crippen LogP contribution in [0.2, 0.25) is 0 Å². The lowest BCUT2D eigenvalue weighted by Gasteiger charge is -2.32. The van der Waals surface area contributed by atoms with Crippen LogP contribution in [0.1, 0.15) is 27.7 Å². The minimum absolute atomic E-state index is 0.403. The van der Waals surface area contributed by atoms with E-state index in [0.29, 0.717) is 5.59 Å². The zero-order valence-corrected chi connectivity index (χ0v) is 16.0. The monoisotopic (exact) mass is 356 g/mol. The second-order valence-electron chi connectivity index (χ2n) is 8.17. The third-order valence-electron chi connectivity index (χ3n) is 5.94. The van der Waals surface area contributed by atoms with Crippen LogP contribution in [0.5, 0.6) is 0 Å². The summed E-state index contributed by atoms with van der Waals surface area (Å²) in [5.74, 6) is 0. The first kappa shape index (κ1) is 16.7. The Bertz CT molecular complexity index is 1150. The molecule has 0 bridgehead atoms. The summed E-state index contributed by atoms with van der Waals surface area (Å²) in [5.41, 5.74) is 1.70. The summed E-state index contributed by atoms with van der Waals surface area (Å²) >= 11 is 0. The van der Waals surface area contributed by atoms with E-state index in [4.69, 9.17) is 19.3 Å². The number of nitrogens with zero attached hydrogens (tertiary/aromatic N) is 2. The van der Waals surface area contributed by atoms with Gasteiger partial charge >= 0.3 is 7.12 Å². The molecule has 0 saturated carbocycles. The Balaban J connectivity index is 1.78. The molecule has 0 spiro atoms. The average Bonchev–Trinajstić information content (AvgIpc) is 2.89. The molecule has 27 heavy (non-hydrogen) atoms. The van der Waals surface area contributed by atoms with Crippen molar-refractivity contribution >= 4 is 45.3 Å². The molecule has 1 fully saturated rings. The molecule has 2 heterocycles. The summed E-state index contributed by atoms with van der Waals surface area (Å²) in [7, 11) is -0.517. The molecular formula is C22H21BN2O2. The number of aromatic nitrogens is 2. The minimum Gasteiger partial charge on any atom is -0.398 e. The SMILES string of the molecule is CC1(C)OB(c2cnc3c4ccccc4c4ccccc4c3n2)OC1(C)C. The lowest BCUT2D eigenvalue weighted by molar-refractivity contribution is 0.00578. The largest absolute Gasteiger partial charge is 0.516 e. The zero-order chi connectivity index (χ0) is 18.8. The van der Waals surface area contributed by atoms with Crippen molar-refractivity contribution in [2.45, 2.75) is 38.9 Å². The first-order valence-electron chi connectivity index (χ1n) is 9.29. The predicted octanol–water partition coefficient (Wildman–Crippen LogP) is 4.24. The zero-order valence-electron chi connectivity index (χ0n) is 16.0. The van der Waals surface area contributed by atoms with E-state index in [1.807, 2.05) is 39.8 Å². The van der Waals surface area contributed by atoms with Gasteiger partial charge in [-0.05, 0) is 38.5 Å². The third kappa shape index (κ3) is 2.39. The fourth-order valence-corrected chi connectivity index (χ4v) is 3.71. The van der Waals surface area contributed by atoms with Crippen LogP contribution in [0.25, 0.3) is 32.6 Å². The first-order valence-corrected chi connectivity index (χ1v) is 9.29. The Morgan fingerprint density at radius 1 is 0.704 bits per heavy atom. The van der Waals surface area contributed by atoms with Gasteiger partial charge in [0.05, 0.1) is 27.8 Å². The summed E-state index contributed by atoms with van der Waals surface area (Å²) in [4.78, 5) is 9.73. The van der Waals surface area contributed by atoms with Crippen molar-refractivity contribution < 1.29 is 9.31 Å². The van der Waals surface area contributed by atoms with E-state index in [-0.39, 0.29) is 0 Å². The van der Waals surface area contributed by atoms with Gasteiger partial charge in [-0.15, -0.1) is 0 Å². The number of benzene rings is 3. The lowest BCUT2D eigenvalue weighted by Crippen LogP contribution is -2.41. The molecule has 0 amide bonds. The van der Waals surface area contributed by atoms with Crippen molar-refractivity contribution in [1.82, 2.24) is 9.97 Å². The molecule has 3 aromatic carbocycles. The van der Waals surface area contributed by atoms with Crippen molar-refractivity contribution in [2.24, 2.45) is 0 Å². The minimum atomic E-state index is -0.517. The molecule has 4 aromatic rings. The molecule has 1 aliphatic rings. The Labute approximate surface area is 158 Å². The van der Waals surface area contributed by atoms with Crippen LogP contribution in [0.15, 0.2) is 54.7 Å². The third-order valence-corrected chi connectivity index (χ3v) is 5.94. The van der Waals surface area contributed by atoms with Gasteiger partial charge < -0.3 is 9.31 Å². The molecule has 5 heteroatoms. The Morgan fingerprint density at radius 3 is 1.74 bits per heavy atom. The number of hydrogen-bond acceptors (Lipinski definition) is 4. The van der Waals surface area contributed by atoms with Crippen LogP contribution in [0, 0.1) is 0 Å². The van der Waals surface area contributed by atoms with Crippen LogP contribution in [-0.2, 0) is 9.31 Å². The lowest BCUT2D eigenvalue weighted by atomic mass is 9.85. The summed E-state index contributed by atoms with van der Waals surface area (Å²) in [6.07, 6.45) is 1.78. The van der Waals surface area contributed by atoms with E-state index in [0.717, 1.165) is 21.8 Å². The molecule has 0 radical (unpaired) electrons. The van der Waals surface area contributed by atoms with Gasteiger partial charge in [0.15, 0.2) is 0 Å². The maximum absolute atomic E-state index is 6.17. The fourth-order valence-electron chi connectivity index (χ4n) is 3.71. The van der Waals surface area contributed by atoms with Crippen molar-refractivity contribution in [3.05, 3.63) is 54.7 Å². The number of fused-ring (bicyclic) bond motifs is 6. The molecule has 134 valence electrons. The van der Waals surface area contributed by atoms with Gasteiger partial charge in [-0.25, -0.2) is 0 Å². The smallest absolute Gasteiger partial charge is 0.398 e. The second kappa shape index (κ2) is 5.50. The van der Waals surface area contributed by atoms with E-state index >= 15 is 0 Å². The summed E-state index contributed by atoms with van der Waals surface area (Å²) in [6.45, 7) is 8.18. The Hall–Kier alpha value is -2.50. The van der Waals surface area contributed by atoms with Crippen LogP contribution in [0.4, 0.5) is 0 Å². The summed E-state index contributed by atoms with van der Waals surface area (Å²) < 4.78 is 12.3. The highest BCUT2D eigenvalue weighted by Crippen LogP contribution is 2.37. The second-order valence-corrected chi connectivity index (χ2v) is 8.17. The van der Waals surface area contributed by atoms with Crippen LogP contribution in [-0.4, -0.2) is 28.3 Å². The van der Waals surface area contributed by atoms with Crippen molar-refractivity contribution in [3.63, 3.8) is 0 Å². The van der Waals surface area contributed by atoms with Crippen LogP contribution < -0.4 is 5.59 Å². The molecule has 1 aliphatic heterocycles. The van der Waals surface area contributed by atoms with Crippen molar-refractivity contribution in [2.75, 3.05) is 0 Å². The Morgan fingerprint density at radius 2 is 1.19 bits per heavy atom. The highest BCUT2D eigenvalue weighted by atomic mass is 16.7. The van der Waals surface area contributed by atoms with Crippen molar-refractivity contribution in [1.29, 1.82) is 0 Å². The average molecular weight is 356 g/mol. The first-order chi connectivity index (χ1) is 12.9. The molecule has 5 rings (SSSR count). The van der Waals surface area contributed by atoms with Gasteiger partial charge in [-0.1, -0.05) is 48.5 Å². The predicted molar refractivity (Wildman–Crippen MR) is 110 cm³/mol. The van der Waals surface area contributed by atoms with E-state index in [1.54, 1.807) is 6.20 Å². The highest BCUT2D eigenvalue weighted by molar-refractivity contribution is 6.61. The Kier molecular flexibility index (Phi) is 3.40. The maximum atomic E-state index is 6.17. The standard InChI is InChI=1S/C22H21BN2O2/c1-21(2)22(3,4)27-23(26-21)18-13-24-19-16-11-7-5-9-14(16)15-10-6-8-12-17(15)20(19)25-18/h5-13H,1-4H3. The molecule has 1 saturated heterocycles. The van der Waals surface area contributed by atoms with E-state index < -0.39 is 18.3 Å². The van der Waals surface area contributed by atoms with Gasteiger partial charge in [-0.2, -0.15) is 0 Å². The van der Waals surface area contributed by atoms with Gasteiger partial charge in [0.1, 0.15) is 0 Å². The molecule has 0 aliphatic carbocycles. The molecule has 0 atom stereocenters.